The lowest BCUT2D eigenvalue weighted by molar-refractivity contribution is -0.113. The van der Waals surface area contributed by atoms with Gasteiger partial charge in [-0.05, 0) is 36.6 Å². The number of fused-ring (bicyclic) bond motifs is 1. The number of ether oxygens (including phenoxy) is 1. The SMILES string of the molecule is CC(=O)C1=C[C@H](c2ccccc2)[C@]2(COc3ccccc3C2=O)C1. The average molecular weight is 318 g/mol. The van der Waals surface area contributed by atoms with E-state index < -0.39 is 5.41 Å². The van der Waals surface area contributed by atoms with Gasteiger partial charge in [0.2, 0.25) is 0 Å². The van der Waals surface area contributed by atoms with Crippen LogP contribution in [0.4, 0.5) is 0 Å². The lowest BCUT2D eigenvalue weighted by atomic mass is 9.68. The minimum Gasteiger partial charge on any atom is -0.492 e. The third-order valence-corrected chi connectivity index (χ3v) is 5.15. The first kappa shape index (κ1) is 14.9. The summed E-state index contributed by atoms with van der Waals surface area (Å²) in [5.41, 5.74) is 1.66. The molecule has 0 amide bonds. The Morgan fingerprint density at radius 2 is 1.79 bits per heavy atom. The molecule has 2 atom stereocenters. The predicted molar refractivity (Wildman–Crippen MR) is 91.3 cm³/mol. The number of allylic oxidation sites excluding steroid dienone is 2. The monoisotopic (exact) mass is 318 g/mol. The summed E-state index contributed by atoms with van der Waals surface area (Å²) < 4.78 is 5.95. The summed E-state index contributed by atoms with van der Waals surface area (Å²) in [6.07, 6.45) is 2.40. The van der Waals surface area contributed by atoms with Crippen molar-refractivity contribution in [3.8, 4) is 5.75 Å². The minimum absolute atomic E-state index is 0.0273. The summed E-state index contributed by atoms with van der Waals surface area (Å²) in [5.74, 6) is 0.597. The van der Waals surface area contributed by atoms with Crippen molar-refractivity contribution in [3.63, 3.8) is 0 Å². The van der Waals surface area contributed by atoms with Crippen molar-refractivity contribution in [2.45, 2.75) is 19.3 Å². The van der Waals surface area contributed by atoms with Gasteiger partial charge in [0.25, 0.3) is 0 Å². The molecule has 0 saturated heterocycles. The molecular weight excluding hydrogens is 300 g/mol. The number of benzene rings is 2. The second-order valence-electron chi connectivity index (χ2n) is 6.58. The van der Waals surface area contributed by atoms with Gasteiger partial charge in [-0.3, -0.25) is 9.59 Å². The second-order valence-corrected chi connectivity index (χ2v) is 6.58. The predicted octanol–water partition coefficient (Wildman–Crippen LogP) is 3.95. The first-order chi connectivity index (χ1) is 11.6. The Morgan fingerprint density at radius 3 is 2.54 bits per heavy atom. The van der Waals surface area contributed by atoms with Crippen molar-refractivity contribution in [3.05, 3.63) is 77.4 Å². The fourth-order valence-electron chi connectivity index (χ4n) is 3.87. The van der Waals surface area contributed by atoms with Crippen LogP contribution >= 0.6 is 0 Å². The van der Waals surface area contributed by atoms with E-state index in [9.17, 15) is 9.59 Å². The van der Waals surface area contributed by atoms with Gasteiger partial charge in [0.15, 0.2) is 11.6 Å². The molecule has 0 N–H and O–H groups in total. The molecule has 2 aliphatic rings. The fraction of sp³-hybridized carbons (Fsp3) is 0.238. The maximum atomic E-state index is 13.4. The highest BCUT2D eigenvalue weighted by Gasteiger charge is 2.53. The van der Waals surface area contributed by atoms with Gasteiger partial charge in [-0.15, -0.1) is 0 Å². The molecule has 1 heterocycles. The Morgan fingerprint density at radius 1 is 1.08 bits per heavy atom. The maximum absolute atomic E-state index is 13.4. The van der Waals surface area contributed by atoms with Gasteiger partial charge in [0.1, 0.15) is 12.4 Å². The van der Waals surface area contributed by atoms with E-state index in [4.69, 9.17) is 4.74 Å². The standard InChI is InChI=1S/C21H18O3/c1-14(22)16-11-18(15-7-3-2-4-8-15)21(12-16)13-24-19-10-6-5-9-17(19)20(21)23/h2-11,18H,12-13H2,1H3/t18-,21-/m1/s1. The van der Waals surface area contributed by atoms with Crippen LogP contribution in [-0.2, 0) is 4.79 Å². The fourth-order valence-corrected chi connectivity index (χ4v) is 3.87. The summed E-state index contributed by atoms with van der Waals surface area (Å²) in [4.78, 5) is 25.3. The van der Waals surface area contributed by atoms with Crippen LogP contribution < -0.4 is 4.74 Å². The molecule has 3 nitrogen and oxygen atoms in total. The third-order valence-electron chi connectivity index (χ3n) is 5.15. The molecule has 4 rings (SSSR count). The third kappa shape index (κ3) is 2.12. The number of ketones is 2. The summed E-state index contributed by atoms with van der Waals surface area (Å²) >= 11 is 0. The van der Waals surface area contributed by atoms with Gasteiger partial charge in [-0.25, -0.2) is 0 Å². The smallest absolute Gasteiger partial charge is 0.177 e. The summed E-state index contributed by atoms with van der Waals surface area (Å²) in [6.45, 7) is 1.87. The van der Waals surface area contributed by atoms with Crippen LogP contribution in [0.1, 0.15) is 35.2 Å². The molecule has 0 bridgehead atoms. The molecule has 1 aliphatic heterocycles. The first-order valence-electron chi connectivity index (χ1n) is 8.15. The number of Topliss-reactive ketones (excluding diaryl/α,β-unsaturated/α-hetero) is 2. The van der Waals surface area contributed by atoms with E-state index in [2.05, 4.69) is 0 Å². The normalized spacial score (nSPS) is 25.1. The molecule has 24 heavy (non-hydrogen) atoms. The lowest BCUT2D eigenvalue weighted by Gasteiger charge is -2.38. The van der Waals surface area contributed by atoms with Crippen molar-refractivity contribution < 1.29 is 14.3 Å². The van der Waals surface area contributed by atoms with Crippen molar-refractivity contribution in [1.82, 2.24) is 0 Å². The van der Waals surface area contributed by atoms with Crippen LogP contribution in [0, 0.1) is 5.41 Å². The van der Waals surface area contributed by atoms with E-state index in [0.29, 0.717) is 24.3 Å². The van der Waals surface area contributed by atoms with E-state index in [0.717, 1.165) is 11.1 Å². The second kappa shape index (κ2) is 5.45. The molecule has 3 heteroatoms. The average Bonchev–Trinajstić information content (AvgIpc) is 3.00. The van der Waals surface area contributed by atoms with Gasteiger partial charge >= 0.3 is 0 Å². The van der Waals surface area contributed by atoms with Crippen molar-refractivity contribution >= 4 is 11.6 Å². The summed E-state index contributed by atoms with van der Waals surface area (Å²) in [5, 5.41) is 0. The number of rotatable bonds is 2. The van der Waals surface area contributed by atoms with Crippen molar-refractivity contribution in [2.24, 2.45) is 5.41 Å². The van der Waals surface area contributed by atoms with Gasteiger partial charge < -0.3 is 4.74 Å². The topological polar surface area (TPSA) is 43.4 Å². The van der Waals surface area contributed by atoms with Crippen LogP contribution in [-0.4, -0.2) is 18.2 Å². The largest absolute Gasteiger partial charge is 0.492 e. The molecule has 2 aromatic carbocycles. The van der Waals surface area contributed by atoms with Gasteiger partial charge in [0.05, 0.1) is 11.0 Å². The van der Waals surface area contributed by atoms with E-state index in [1.807, 2.05) is 60.7 Å². The molecule has 1 aliphatic carbocycles. The zero-order valence-corrected chi connectivity index (χ0v) is 13.5. The van der Waals surface area contributed by atoms with Crippen LogP contribution in [0.5, 0.6) is 5.75 Å². The Hall–Kier alpha value is -2.68. The van der Waals surface area contributed by atoms with Crippen LogP contribution in [0.3, 0.4) is 0 Å². The Kier molecular flexibility index (Phi) is 3.38. The Bertz CT molecular complexity index is 850. The number of hydrogen-bond acceptors (Lipinski definition) is 3. The van der Waals surface area contributed by atoms with Crippen LogP contribution in [0.15, 0.2) is 66.2 Å². The highest BCUT2D eigenvalue weighted by Crippen LogP contribution is 2.53. The molecule has 0 fully saturated rings. The van der Waals surface area contributed by atoms with Crippen molar-refractivity contribution in [1.29, 1.82) is 0 Å². The minimum atomic E-state index is -0.725. The molecule has 0 radical (unpaired) electrons. The van der Waals surface area contributed by atoms with Gasteiger partial charge in [0, 0.05) is 5.92 Å². The summed E-state index contributed by atoms with van der Waals surface area (Å²) in [6, 6.07) is 17.3. The number of hydrogen-bond donors (Lipinski definition) is 0. The molecule has 120 valence electrons. The molecule has 0 unspecified atom stereocenters. The van der Waals surface area contributed by atoms with Crippen molar-refractivity contribution in [2.75, 3.05) is 6.61 Å². The molecule has 1 spiro atoms. The van der Waals surface area contributed by atoms with E-state index in [-0.39, 0.29) is 17.5 Å². The van der Waals surface area contributed by atoms with Crippen LogP contribution in [0.25, 0.3) is 0 Å². The molecule has 0 aromatic heterocycles. The maximum Gasteiger partial charge on any atom is 0.177 e. The molecular formula is C21H18O3. The first-order valence-corrected chi connectivity index (χ1v) is 8.15. The van der Waals surface area contributed by atoms with E-state index in [1.165, 1.54) is 0 Å². The molecule has 2 aromatic rings. The van der Waals surface area contributed by atoms with Crippen LogP contribution in [0.2, 0.25) is 0 Å². The Balaban J connectivity index is 1.84. The summed E-state index contributed by atoms with van der Waals surface area (Å²) in [7, 11) is 0. The quantitative estimate of drug-likeness (QED) is 0.842. The zero-order valence-electron chi connectivity index (χ0n) is 13.5. The number of carbonyl (C=O) groups is 2. The highest BCUT2D eigenvalue weighted by atomic mass is 16.5. The van der Waals surface area contributed by atoms with E-state index >= 15 is 0 Å². The number of carbonyl (C=O) groups excluding carboxylic acids is 2. The van der Waals surface area contributed by atoms with Gasteiger partial charge in [-0.2, -0.15) is 0 Å². The molecule has 0 saturated carbocycles. The van der Waals surface area contributed by atoms with E-state index in [1.54, 1.807) is 6.92 Å². The zero-order chi connectivity index (χ0) is 16.7. The van der Waals surface area contributed by atoms with Gasteiger partial charge in [-0.1, -0.05) is 48.5 Å². The lowest BCUT2D eigenvalue weighted by Crippen LogP contribution is -2.43. The Labute approximate surface area is 141 Å². The highest BCUT2D eigenvalue weighted by molar-refractivity contribution is 6.07. The number of para-hydroxylation sites is 1.